The van der Waals surface area contributed by atoms with Crippen LogP contribution in [0.1, 0.15) is 22.6 Å². The Hall–Kier alpha value is -2.67. The summed E-state index contributed by atoms with van der Waals surface area (Å²) in [5, 5.41) is 27.7. The Morgan fingerprint density at radius 1 is 1.08 bits per heavy atom. The van der Waals surface area contributed by atoms with Crippen molar-refractivity contribution in [3.8, 4) is 5.82 Å². The molecule has 24 heavy (non-hydrogen) atoms. The summed E-state index contributed by atoms with van der Waals surface area (Å²) in [6, 6.07) is 7.47. The molecule has 2 rings (SSSR count). The van der Waals surface area contributed by atoms with Gasteiger partial charge < -0.3 is 19.9 Å². The molecule has 0 amide bonds. The first kappa shape index (κ1) is 17.7. The van der Waals surface area contributed by atoms with Crippen molar-refractivity contribution in [3.63, 3.8) is 0 Å². The molecule has 0 aromatic carbocycles. The molecular formula is C17H20N2O5. The van der Waals surface area contributed by atoms with Crippen molar-refractivity contribution in [1.29, 1.82) is 0 Å². The minimum Gasteiger partial charge on any atom is -0.481 e. The third-order valence-corrected chi connectivity index (χ3v) is 3.89. The summed E-state index contributed by atoms with van der Waals surface area (Å²) in [4.78, 5) is 26.7. The van der Waals surface area contributed by atoms with E-state index in [1.54, 1.807) is 6.07 Å². The molecule has 2 aromatic heterocycles. The van der Waals surface area contributed by atoms with Crippen LogP contribution in [0.4, 0.5) is 0 Å². The van der Waals surface area contributed by atoms with Crippen LogP contribution in [0.3, 0.4) is 0 Å². The quantitative estimate of drug-likeness (QED) is 0.739. The van der Waals surface area contributed by atoms with Gasteiger partial charge in [-0.05, 0) is 50.6 Å². The zero-order chi connectivity index (χ0) is 18.0. The number of aromatic nitrogens is 2. The van der Waals surface area contributed by atoms with E-state index in [-0.39, 0.29) is 6.42 Å². The highest BCUT2D eigenvalue weighted by molar-refractivity contribution is 5.81. The summed E-state index contributed by atoms with van der Waals surface area (Å²) in [5.74, 6) is -3.76. The highest BCUT2D eigenvalue weighted by Gasteiger charge is 2.32. The molecular weight excluding hydrogens is 312 g/mol. The van der Waals surface area contributed by atoms with E-state index in [1.807, 2.05) is 43.5 Å². The van der Waals surface area contributed by atoms with Gasteiger partial charge in [0.2, 0.25) is 0 Å². The fourth-order valence-corrected chi connectivity index (χ4v) is 2.70. The van der Waals surface area contributed by atoms with E-state index in [0.29, 0.717) is 11.5 Å². The second kappa shape index (κ2) is 6.84. The molecule has 0 saturated carbocycles. The van der Waals surface area contributed by atoms with E-state index in [1.165, 1.54) is 0 Å². The number of nitrogens with zero attached hydrogens (tertiary/aromatic N) is 2. The lowest BCUT2D eigenvalue weighted by Crippen LogP contribution is -2.36. The molecule has 3 N–H and O–H groups in total. The van der Waals surface area contributed by atoms with Crippen molar-refractivity contribution in [2.24, 2.45) is 5.92 Å². The second-order valence-corrected chi connectivity index (χ2v) is 5.88. The largest absolute Gasteiger partial charge is 0.481 e. The standard InChI is InChI=1S/C17H20N2O5/c1-9-6-12(8-13(16(21)22)15(20)17(23)24)18-14(7-9)19-10(2)4-5-11(19)3/h4-7,13,15,20H,8H2,1-3H3,(H,21,22)(H,23,24). The van der Waals surface area contributed by atoms with E-state index >= 15 is 0 Å². The fourth-order valence-electron chi connectivity index (χ4n) is 2.70. The van der Waals surface area contributed by atoms with Crippen LogP contribution in [0.25, 0.3) is 5.82 Å². The first-order valence-electron chi connectivity index (χ1n) is 7.47. The molecule has 2 unspecified atom stereocenters. The van der Waals surface area contributed by atoms with Crippen molar-refractivity contribution in [1.82, 2.24) is 9.55 Å². The van der Waals surface area contributed by atoms with Crippen molar-refractivity contribution < 1.29 is 24.9 Å². The van der Waals surface area contributed by atoms with Gasteiger partial charge in [0.15, 0.2) is 6.10 Å². The highest BCUT2D eigenvalue weighted by Crippen LogP contribution is 2.19. The zero-order valence-electron chi connectivity index (χ0n) is 13.7. The topological polar surface area (TPSA) is 113 Å². The Morgan fingerprint density at radius 2 is 1.67 bits per heavy atom. The van der Waals surface area contributed by atoms with Gasteiger partial charge in [-0.15, -0.1) is 0 Å². The first-order valence-corrected chi connectivity index (χ1v) is 7.47. The number of aryl methyl sites for hydroxylation is 3. The summed E-state index contributed by atoms with van der Waals surface area (Å²) in [7, 11) is 0. The van der Waals surface area contributed by atoms with Crippen LogP contribution in [-0.4, -0.2) is 42.9 Å². The lowest BCUT2D eigenvalue weighted by molar-refractivity contribution is -0.159. The maximum atomic E-state index is 11.3. The molecule has 2 heterocycles. The Kier molecular flexibility index (Phi) is 5.04. The van der Waals surface area contributed by atoms with Crippen LogP contribution in [0, 0.1) is 26.7 Å². The molecule has 128 valence electrons. The van der Waals surface area contributed by atoms with Gasteiger partial charge in [-0.2, -0.15) is 0 Å². The zero-order valence-corrected chi connectivity index (χ0v) is 13.7. The number of pyridine rings is 1. The number of carboxylic acid groups (broad SMARTS) is 2. The van der Waals surface area contributed by atoms with Crippen LogP contribution in [0.2, 0.25) is 0 Å². The van der Waals surface area contributed by atoms with Crippen LogP contribution < -0.4 is 0 Å². The molecule has 7 heteroatoms. The van der Waals surface area contributed by atoms with Gasteiger partial charge in [-0.25, -0.2) is 9.78 Å². The average molecular weight is 332 g/mol. The number of hydrogen-bond donors (Lipinski definition) is 3. The van der Waals surface area contributed by atoms with Gasteiger partial charge in [0, 0.05) is 23.5 Å². The summed E-state index contributed by atoms with van der Waals surface area (Å²) in [6.45, 7) is 5.72. The monoisotopic (exact) mass is 332 g/mol. The van der Waals surface area contributed by atoms with Gasteiger partial charge in [-0.3, -0.25) is 4.79 Å². The molecule has 0 aliphatic rings. The molecule has 0 aliphatic carbocycles. The first-order chi connectivity index (χ1) is 11.2. The molecule has 2 atom stereocenters. The molecule has 0 aliphatic heterocycles. The number of rotatable bonds is 6. The Balaban J connectivity index is 2.41. The number of aliphatic hydroxyl groups excluding tert-OH is 1. The molecule has 0 radical (unpaired) electrons. The Morgan fingerprint density at radius 3 is 2.17 bits per heavy atom. The smallest absolute Gasteiger partial charge is 0.333 e. The summed E-state index contributed by atoms with van der Waals surface area (Å²) in [5.41, 5.74) is 3.26. The van der Waals surface area contributed by atoms with Crippen molar-refractivity contribution >= 4 is 11.9 Å². The van der Waals surface area contributed by atoms with Gasteiger partial charge in [0.25, 0.3) is 0 Å². The van der Waals surface area contributed by atoms with E-state index in [4.69, 9.17) is 5.11 Å². The minimum atomic E-state index is -1.98. The van der Waals surface area contributed by atoms with Gasteiger partial charge in [0.05, 0.1) is 5.92 Å². The summed E-state index contributed by atoms with van der Waals surface area (Å²) in [6.07, 6.45) is -2.15. The third kappa shape index (κ3) is 3.62. The number of aliphatic hydroxyl groups is 1. The minimum absolute atomic E-state index is 0.170. The van der Waals surface area contributed by atoms with Crippen LogP contribution in [0.15, 0.2) is 24.3 Å². The Labute approximate surface area is 139 Å². The number of carbonyl (C=O) groups is 2. The fraction of sp³-hybridized carbons (Fsp3) is 0.353. The molecule has 0 saturated heterocycles. The van der Waals surface area contributed by atoms with Crippen molar-refractivity contribution in [2.45, 2.75) is 33.3 Å². The summed E-state index contributed by atoms with van der Waals surface area (Å²) >= 11 is 0. The highest BCUT2D eigenvalue weighted by atomic mass is 16.4. The van der Waals surface area contributed by atoms with Crippen LogP contribution >= 0.6 is 0 Å². The number of hydrogen-bond acceptors (Lipinski definition) is 4. The lowest BCUT2D eigenvalue weighted by Gasteiger charge is -2.17. The van der Waals surface area contributed by atoms with E-state index in [2.05, 4.69) is 4.98 Å². The predicted octanol–water partition coefficient (Wildman–Crippen LogP) is 1.49. The third-order valence-electron chi connectivity index (χ3n) is 3.89. The molecule has 0 spiro atoms. The van der Waals surface area contributed by atoms with Crippen LogP contribution in [-0.2, 0) is 16.0 Å². The van der Waals surface area contributed by atoms with Crippen molar-refractivity contribution in [2.75, 3.05) is 0 Å². The Bertz CT molecular complexity index is 762. The van der Waals surface area contributed by atoms with Gasteiger partial charge in [-0.1, -0.05) is 0 Å². The lowest BCUT2D eigenvalue weighted by atomic mass is 9.96. The number of carboxylic acids is 2. The normalized spacial score (nSPS) is 13.5. The van der Waals surface area contributed by atoms with Gasteiger partial charge in [0.1, 0.15) is 5.82 Å². The summed E-state index contributed by atoms with van der Waals surface area (Å²) < 4.78 is 1.93. The van der Waals surface area contributed by atoms with Crippen LogP contribution in [0.5, 0.6) is 0 Å². The maximum Gasteiger partial charge on any atom is 0.333 e. The molecule has 0 bridgehead atoms. The maximum absolute atomic E-state index is 11.3. The second-order valence-electron chi connectivity index (χ2n) is 5.88. The number of aliphatic carboxylic acids is 2. The van der Waals surface area contributed by atoms with E-state index in [9.17, 15) is 19.8 Å². The average Bonchev–Trinajstić information content (AvgIpc) is 2.82. The molecule has 0 fully saturated rings. The van der Waals surface area contributed by atoms with Crippen molar-refractivity contribution in [3.05, 3.63) is 46.9 Å². The molecule has 2 aromatic rings. The predicted molar refractivity (Wildman–Crippen MR) is 86.2 cm³/mol. The van der Waals surface area contributed by atoms with E-state index < -0.39 is 24.0 Å². The van der Waals surface area contributed by atoms with Gasteiger partial charge >= 0.3 is 11.9 Å². The van der Waals surface area contributed by atoms with E-state index in [0.717, 1.165) is 17.0 Å². The SMILES string of the molecule is Cc1cc(CC(C(=O)O)C(O)C(=O)O)nc(-n2c(C)ccc2C)c1. The molecule has 7 nitrogen and oxygen atoms in total.